The molecule has 7 heteroatoms. The molecule has 2 aromatic heterocycles. The van der Waals surface area contributed by atoms with Crippen molar-refractivity contribution in [2.24, 2.45) is 0 Å². The number of carboxylic acid groups (broad SMARTS) is 1. The Kier molecular flexibility index (Phi) is 4.43. The molecule has 0 unspecified atom stereocenters. The predicted molar refractivity (Wildman–Crippen MR) is 121 cm³/mol. The standard InChI is InChI=1S/C23H20BrN3O3/c1-12-22(13(2)30-26-12)18-11-21-17(10-19(18)24)16-9-15(3-4-20(16)25-21)14-5-7-27(8-6-14)23(28)29/h3-5,9-11,25H,6-8H2,1-2H3,(H,28,29). The van der Waals surface area contributed by atoms with Crippen molar-refractivity contribution in [1.29, 1.82) is 0 Å². The van der Waals surface area contributed by atoms with Crippen molar-refractivity contribution in [3.63, 3.8) is 0 Å². The van der Waals surface area contributed by atoms with Crippen molar-refractivity contribution >= 4 is 49.4 Å². The van der Waals surface area contributed by atoms with Crippen LogP contribution in [0.2, 0.25) is 0 Å². The Balaban J connectivity index is 1.61. The summed E-state index contributed by atoms with van der Waals surface area (Å²) in [5, 5.41) is 15.5. The Morgan fingerprint density at radius 1 is 1.20 bits per heavy atom. The minimum atomic E-state index is -0.865. The van der Waals surface area contributed by atoms with Gasteiger partial charge >= 0.3 is 6.09 Å². The number of aryl methyl sites for hydroxylation is 2. The number of H-pyrrole nitrogens is 1. The van der Waals surface area contributed by atoms with Gasteiger partial charge in [-0.15, -0.1) is 0 Å². The summed E-state index contributed by atoms with van der Waals surface area (Å²) in [5.41, 5.74) is 7.38. The lowest BCUT2D eigenvalue weighted by Gasteiger charge is -2.23. The van der Waals surface area contributed by atoms with Crippen LogP contribution in [0.3, 0.4) is 0 Å². The Labute approximate surface area is 181 Å². The van der Waals surface area contributed by atoms with E-state index < -0.39 is 6.09 Å². The highest BCUT2D eigenvalue weighted by Crippen LogP contribution is 2.39. The zero-order valence-electron chi connectivity index (χ0n) is 16.6. The smallest absolute Gasteiger partial charge is 0.407 e. The third kappa shape index (κ3) is 3.01. The number of hydrogen-bond donors (Lipinski definition) is 2. The highest BCUT2D eigenvalue weighted by Gasteiger charge is 2.19. The fourth-order valence-electron chi connectivity index (χ4n) is 4.28. The molecule has 0 spiro atoms. The fraction of sp³-hybridized carbons (Fsp3) is 0.217. The molecular formula is C23H20BrN3O3. The number of halogens is 1. The van der Waals surface area contributed by atoms with Gasteiger partial charge in [0.2, 0.25) is 0 Å². The summed E-state index contributed by atoms with van der Waals surface area (Å²) in [5.74, 6) is 0.797. The van der Waals surface area contributed by atoms with Crippen molar-refractivity contribution in [1.82, 2.24) is 15.0 Å². The number of aromatic nitrogens is 2. The van der Waals surface area contributed by atoms with Gasteiger partial charge in [-0.25, -0.2) is 4.79 Å². The molecule has 1 amide bonds. The first-order valence-corrected chi connectivity index (χ1v) is 10.6. The summed E-state index contributed by atoms with van der Waals surface area (Å²) in [6.45, 7) is 4.83. The van der Waals surface area contributed by atoms with Gasteiger partial charge in [0.05, 0.1) is 5.69 Å². The van der Waals surface area contributed by atoms with Crippen LogP contribution >= 0.6 is 15.9 Å². The number of amides is 1. The van der Waals surface area contributed by atoms with Crippen molar-refractivity contribution < 1.29 is 14.4 Å². The third-order valence-corrected chi connectivity index (χ3v) is 6.50. The first kappa shape index (κ1) is 18.9. The van der Waals surface area contributed by atoms with E-state index in [0.717, 1.165) is 60.8 Å². The molecule has 2 aromatic carbocycles. The molecule has 6 nitrogen and oxygen atoms in total. The zero-order valence-corrected chi connectivity index (χ0v) is 18.2. The largest absolute Gasteiger partial charge is 0.465 e. The predicted octanol–water partition coefficient (Wildman–Crippen LogP) is 6.12. The molecule has 4 aromatic rings. The summed E-state index contributed by atoms with van der Waals surface area (Å²) >= 11 is 3.74. The first-order valence-electron chi connectivity index (χ1n) is 9.78. The normalized spacial score (nSPS) is 14.5. The summed E-state index contributed by atoms with van der Waals surface area (Å²) in [4.78, 5) is 16.1. The molecular weight excluding hydrogens is 446 g/mol. The molecule has 0 saturated carbocycles. The molecule has 0 bridgehead atoms. The van der Waals surface area contributed by atoms with Crippen LogP contribution < -0.4 is 0 Å². The van der Waals surface area contributed by atoms with E-state index in [1.54, 1.807) is 0 Å². The SMILES string of the molecule is Cc1noc(C)c1-c1cc2[nH]c3ccc(C4=CCN(C(=O)O)CC4)cc3c2cc1Br. The van der Waals surface area contributed by atoms with Crippen LogP contribution in [-0.2, 0) is 0 Å². The second-order valence-electron chi connectivity index (χ2n) is 7.67. The quantitative estimate of drug-likeness (QED) is 0.373. The molecule has 3 heterocycles. The average Bonchev–Trinajstić information content (AvgIpc) is 3.26. The van der Waals surface area contributed by atoms with Crippen LogP contribution in [0.15, 0.2) is 45.4 Å². The van der Waals surface area contributed by atoms with Crippen LogP contribution in [0.5, 0.6) is 0 Å². The maximum absolute atomic E-state index is 11.1. The molecule has 2 N–H and O–H groups in total. The average molecular weight is 466 g/mol. The summed E-state index contributed by atoms with van der Waals surface area (Å²) < 4.78 is 6.34. The van der Waals surface area contributed by atoms with E-state index in [9.17, 15) is 4.79 Å². The molecule has 30 heavy (non-hydrogen) atoms. The van der Waals surface area contributed by atoms with Gasteiger partial charge in [-0.1, -0.05) is 33.2 Å². The minimum absolute atomic E-state index is 0.433. The zero-order chi connectivity index (χ0) is 21.0. The summed E-state index contributed by atoms with van der Waals surface area (Å²) in [6.07, 6.45) is 1.87. The Morgan fingerprint density at radius 3 is 2.67 bits per heavy atom. The van der Waals surface area contributed by atoms with Crippen molar-refractivity contribution in [2.45, 2.75) is 20.3 Å². The highest BCUT2D eigenvalue weighted by molar-refractivity contribution is 9.10. The Hall–Kier alpha value is -3.06. The number of carbonyl (C=O) groups is 1. The number of aromatic amines is 1. The van der Waals surface area contributed by atoms with Gasteiger partial charge in [-0.05, 0) is 55.7 Å². The van der Waals surface area contributed by atoms with Gasteiger partial charge in [0.1, 0.15) is 5.76 Å². The van der Waals surface area contributed by atoms with Crippen molar-refractivity contribution in [3.05, 3.63) is 57.9 Å². The van der Waals surface area contributed by atoms with Gasteiger partial charge in [0, 0.05) is 50.5 Å². The molecule has 1 aliphatic heterocycles. The number of benzene rings is 2. The molecule has 0 saturated heterocycles. The monoisotopic (exact) mass is 465 g/mol. The lowest BCUT2D eigenvalue weighted by Crippen LogP contribution is -2.33. The fourth-order valence-corrected chi connectivity index (χ4v) is 4.83. The van der Waals surface area contributed by atoms with Crippen molar-refractivity contribution in [2.75, 3.05) is 13.1 Å². The van der Waals surface area contributed by atoms with E-state index in [0.29, 0.717) is 13.1 Å². The second kappa shape index (κ2) is 7.02. The lowest BCUT2D eigenvalue weighted by molar-refractivity contribution is 0.150. The van der Waals surface area contributed by atoms with Gasteiger partial charge in [-0.3, -0.25) is 0 Å². The number of rotatable bonds is 2. The van der Waals surface area contributed by atoms with E-state index in [4.69, 9.17) is 9.63 Å². The maximum Gasteiger partial charge on any atom is 0.407 e. The number of fused-ring (bicyclic) bond motifs is 3. The lowest BCUT2D eigenvalue weighted by atomic mass is 9.97. The van der Waals surface area contributed by atoms with E-state index in [1.807, 2.05) is 19.9 Å². The Bertz CT molecular complexity index is 1330. The van der Waals surface area contributed by atoms with Crippen LogP contribution in [-0.4, -0.2) is 39.3 Å². The van der Waals surface area contributed by atoms with Gasteiger partial charge in [0.25, 0.3) is 0 Å². The highest BCUT2D eigenvalue weighted by atomic mass is 79.9. The summed E-state index contributed by atoms with van der Waals surface area (Å²) in [6, 6.07) is 10.7. The van der Waals surface area contributed by atoms with Crippen LogP contribution in [0.4, 0.5) is 4.79 Å². The van der Waals surface area contributed by atoms with Crippen molar-refractivity contribution in [3.8, 4) is 11.1 Å². The molecule has 0 fully saturated rings. The maximum atomic E-state index is 11.1. The van der Waals surface area contributed by atoms with E-state index in [-0.39, 0.29) is 0 Å². The second-order valence-corrected chi connectivity index (χ2v) is 8.52. The molecule has 5 rings (SSSR count). The molecule has 152 valence electrons. The number of hydrogen-bond acceptors (Lipinski definition) is 3. The Morgan fingerprint density at radius 2 is 2.00 bits per heavy atom. The molecule has 0 aliphatic carbocycles. The number of nitrogens with zero attached hydrogens (tertiary/aromatic N) is 2. The van der Waals surface area contributed by atoms with Gasteiger partial charge in [-0.2, -0.15) is 0 Å². The van der Waals surface area contributed by atoms with Gasteiger partial charge in [0.15, 0.2) is 0 Å². The van der Waals surface area contributed by atoms with Crippen LogP contribution in [0.25, 0.3) is 38.5 Å². The van der Waals surface area contributed by atoms with E-state index in [2.05, 4.69) is 56.4 Å². The number of nitrogens with one attached hydrogen (secondary N) is 1. The van der Waals surface area contributed by atoms with E-state index >= 15 is 0 Å². The molecule has 0 atom stereocenters. The van der Waals surface area contributed by atoms with Crippen LogP contribution in [0, 0.1) is 13.8 Å². The van der Waals surface area contributed by atoms with Crippen LogP contribution in [0.1, 0.15) is 23.4 Å². The van der Waals surface area contributed by atoms with Gasteiger partial charge < -0.3 is 19.5 Å². The first-order chi connectivity index (χ1) is 14.4. The molecule has 0 radical (unpaired) electrons. The minimum Gasteiger partial charge on any atom is -0.465 e. The summed E-state index contributed by atoms with van der Waals surface area (Å²) in [7, 11) is 0. The topological polar surface area (TPSA) is 82.4 Å². The molecule has 1 aliphatic rings. The third-order valence-electron chi connectivity index (χ3n) is 5.84. The van der Waals surface area contributed by atoms with E-state index in [1.165, 1.54) is 10.5 Å².